The minimum Gasteiger partial charge on any atom is -0.453 e. The molecule has 0 radical (unpaired) electrons. The van der Waals surface area contributed by atoms with E-state index < -0.39 is 28.6 Å². The maximum Gasteiger partial charge on any atom is 0.321 e. The molecule has 138 valence electrons. The lowest BCUT2D eigenvalue weighted by Crippen LogP contribution is -2.34. The second-order valence-electron chi connectivity index (χ2n) is 6.00. The highest BCUT2D eigenvalue weighted by Gasteiger charge is 2.21. The van der Waals surface area contributed by atoms with E-state index in [2.05, 4.69) is 4.72 Å². The van der Waals surface area contributed by atoms with Crippen LogP contribution in [-0.2, 0) is 19.6 Å². The molecule has 0 saturated carbocycles. The zero-order valence-corrected chi connectivity index (χ0v) is 15.7. The highest BCUT2D eigenvalue weighted by atomic mass is 32.2. The molecule has 2 rings (SSSR count). The van der Waals surface area contributed by atoms with Crippen LogP contribution in [0.3, 0.4) is 0 Å². The number of nitrogens with one attached hydrogen (secondary N) is 1. The number of ketones is 1. The first-order chi connectivity index (χ1) is 12.2. The van der Waals surface area contributed by atoms with Crippen molar-refractivity contribution in [1.29, 1.82) is 0 Å². The molecule has 26 heavy (non-hydrogen) atoms. The number of Topliss-reactive ketones (excluding diaryl/α,β-unsaturated/α-hetero) is 1. The van der Waals surface area contributed by atoms with Crippen molar-refractivity contribution in [2.24, 2.45) is 0 Å². The number of esters is 1. The number of ether oxygens (including phenoxy) is 1. The molecule has 0 spiro atoms. The Balaban J connectivity index is 1.92. The average molecular weight is 375 g/mol. The zero-order chi connectivity index (χ0) is 19.3. The lowest BCUT2D eigenvalue weighted by molar-refractivity contribution is -0.144. The van der Waals surface area contributed by atoms with Gasteiger partial charge in [0.05, 0.1) is 4.90 Å². The number of hydrogen-bond donors (Lipinski definition) is 1. The van der Waals surface area contributed by atoms with E-state index in [-0.39, 0.29) is 10.7 Å². The van der Waals surface area contributed by atoms with Crippen molar-refractivity contribution in [2.75, 3.05) is 6.54 Å². The van der Waals surface area contributed by atoms with Gasteiger partial charge in [-0.1, -0.05) is 47.5 Å². The third kappa shape index (κ3) is 5.24. The Bertz CT molecular complexity index is 887. The first-order valence-corrected chi connectivity index (χ1v) is 9.54. The van der Waals surface area contributed by atoms with E-state index in [4.69, 9.17) is 4.74 Å². The fourth-order valence-corrected chi connectivity index (χ4v) is 3.17. The first kappa shape index (κ1) is 19.8. The maximum atomic E-state index is 12.2. The van der Waals surface area contributed by atoms with E-state index in [9.17, 15) is 18.0 Å². The van der Waals surface area contributed by atoms with Crippen LogP contribution in [0.4, 0.5) is 0 Å². The van der Waals surface area contributed by atoms with Crippen LogP contribution in [0.5, 0.6) is 0 Å². The van der Waals surface area contributed by atoms with E-state index in [1.165, 1.54) is 19.1 Å². The summed E-state index contributed by atoms with van der Waals surface area (Å²) in [6.45, 7) is 4.64. The fourth-order valence-electron chi connectivity index (χ4n) is 2.20. The summed E-state index contributed by atoms with van der Waals surface area (Å²) in [6.07, 6.45) is -1.01. The summed E-state index contributed by atoms with van der Waals surface area (Å²) in [5.74, 6) is -1.17. The van der Waals surface area contributed by atoms with Crippen molar-refractivity contribution < 1.29 is 22.7 Å². The Morgan fingerprint density at radius 1 is 0.962 bits per heavy atom. The third-order valence-electron chi connectivity index (χ3n) is 3.75. The van der Waals surface area contributed by atoms with Gasteiger partial charge in [-0.2, -0.15) is 4.72 Å². The summed E-state index contributed by atoms with van der Waals surface area (Å²) in [7, 11) is -3.82. The van der Waals surface area contributed by atoms with Gasteiger partial charge in [0.15, 0.2) is 6.10 Å². The van der Waals surface area contributed by atoms with Crippen LogP contribution in [0.1, 0.15) is 28.4 Å². The maximum absolute atomic E-state index is 12.2. The Morgan fingerprint density at radius 2 is 1.46 bits per heavy atom. The molecule has 0 aliphatic rings. The van der Waals surface area contributed by atoms with E-state index >= 15 is 0 Å². The highest BCUT2D eigenvalue weighted by molar-refractivity contribution is 7.89. The predicted molar refractivity (Wildman–Crippen MR) is 97.4 cm³/mol. The molecule has 0 saturated heterocycles. The number of benzene rings is 2. The molecule has 0 aromatic heterocycles. The van der Waals surface area contributed by atoms with Gasteiger partial charge in [0.2, 0.25) is 15.8 Å². The monoisotopic (exact) mass is 375 g/mol. The van der Waals surface area contributed by atoms with Crippen LogP contribution in [0, 0.1) is 13.8 Å². The van der Waals surface area contributed by atoms with Crippen LogP contribution in [0.2, 0.25) is 0 Å². The predicted octanol–water partition coefficient (Wildman–Crippen LogP) is 2.40. The van der Waals surface area contributed by atoms with Crippen molar-refractivity contribution in [1.82, 2.24) is 4.72 Å². The summed E-state index contributed by atoms with van der Waals surface area (Å²) in [6, 6.07) is 13.1. The van der Waals surface area contributed by atoms with Crippen LogP contribution in [0.25, 0.3) is 0 Å². The second kappa shape index (κ2) is 8.25. The number of hydrogen-bond acceptors (Lipinski definition) is 5. The fraction of sp³-hybridized carbons (Fsp3) is 0.263. The minimum atomic E-state index is -3.82. The molecule has 1 atom stereocenters. The van der Waals surface area contributed by atoms with Gasteiger partial charge < -0.3 is 4.74 Å². The van der Waals surface area contributed by atoms with Gasteiger partial charge in [0.1, 0.15) is 6.54 Å². The van der Waals surface area contributed by atoms with E-state index in [0.29, 0.717) is 5.56 Å². The summed E-state index contributed by atoms with van der Waals surface area (Å²) in [4.78, 5) is 24.2. The topological polar surface area (TPSA) is 89.5 Å². The van der Waals surface area contributed by atoms with Crippen molar-refractivity contribution in [3.63, 3.8) is 0 Å². The molecule has 0 aliphatic heterocycles. The van der Waals surface area contributed by atoms with Crippen molar-refractivity contribution in [3.05, 3.63) is 65.2 Å². The standard InChI is InChI=1S/C19H21NO5S/c1-13-4-8-16(9-5-13)19(22)15(3)25-18(21)12-20-26(23,24)17-10-6-14(2)7-11-17/h4-11,15,20H,12H2,1-3H3/t15-/m1/s1. The molecule has 2 aromatic carbocycles. The molecule has 1 N–H and O–H groups in total. The van der Waals surface area contributed by atoms with Crippen LogP contribution < -0.4 is 4.72 Å². The van der Waals surface area contributed by atoms with Crippen molar-refractivity contribution in [2.45, 2.75) is 31.8 Å². The molecule has 0 bridgehead atoms. The molecule has 0 fully saturated rings. The van der Waals surface area contributed by atoms with E-state index in [1.807, 2.05) is 13.8 Å². The number of aryl methyl sites for hydroxylation is 2. The van der Waals surface area contributed by atoms with Crippen LogP contribution in [-0.4, -0.2) is 32.8 Å². The van der Waals surface area contributed by atoms with Gasteiger partial charge in [0.25, 0.3) is 0 Å². The largest absolute Gasteiger partial charge is 0.453 e. The van der Waals surface area contributed by atoms with E-state index in [1.54, 1.807) is 36.4 Å². The SMILES string of the molecule is Cc1ccc(C(=O)[C@@H](C)OC(=O)CNS(=O)(=O)c2ccc(C)cc2)cc1. The third-order valence-corrected chi connectivity index (χ3v) is 5.17. The lowest BCUT2D eigenvalue weighted by Gasteiger charge is -2.13. The molecular formula is C19H21NO5S. The Morgan fingerprint density at radius 3 is 2.00 bits per heavy atom. The molecular weight excluding hydrogens is 354 g/mol. The van der Waals surface area contributed by atoms with Crippen molar-refractivity contribution >= 4 is 21.8 Å². The first-order valence-electron chi connectivity index (χ1n) is 8.06. The van der Waals surface area contributed by atoms with Gasteiger partial charge >= 0.3 is 5.97 Å². The van der Waals surface area contributed by atoms with Gasteiger partial charge in [-0.3, -0.25) is 9.59 Å². The smallest absolute Gasteiger partial charge is 0.321 e. The quantitative estimate of drug-likeness (QED) is 0.593. The van der Waals surface area contributed by atoms with Crippen LogP contribution in [0.15, 0.2) is 53.4 Å². The average Bonchev–Trinajstić information content (AvgIpc) is 2.60. The lowest BCUT2D eigenvalue weighted by atomic mass is 10.1. The van der Waals surface area contributed by atoms with Crippen molar-refractivity contribution in [3.8, 4) is 0 Å². The van der Waals surface area contributed by atoms with Gasteiger partial charge in [-0.25, -0.2) is 8.42 Å². The minimum absolute atomic E-state index is 0.0553. The molecule has 0 unspecified atom stereocenters. The summed E-state index contributed by atoms with van der Waals surface area (Å²) >= 11 is 0. The normalized spacial score (nSPS) is 12.4. The highest BCUT2D eigenvalue weighted by Crippen LogP contribution is 2.11. The zero-order valence-electron chi connectivity index (χ0n) is 14.9. The van der Waals surface area contributed by atoms with Gasteiger partial charge in [-0.05, 0) is 32.9 Å². The molecule has 2 aromatic rings. The number of sulfonamides is 1. The van der Waals surface area contributed by atoms with Crippen LogP contribution >= 0.6 is 0 Å². The number of carbonyl (C=O) groups is 2. The second-order valence-corrected chi connectivity index (χ2v) is 7.77. The van der Waals surface area contributed by atoms with Gasteiger partial charge in [0, 0.05) is 5.56 Å². The molecule has 6 nitrogen and oxygen atoms in total. The number of rotatable bonds is 7. The number of carbonyl (C=O) groups excluding carboxylic acids is 2. The van der Waals surface area contributed by atoms with E-state index in [0.717, 1.165) is 11.1 Å². The molecule has 7 heteroatoms. The summed E-state index contributed by atoms with van der Waals surface area (Å²) < 4.78 is 31.5. The molecule has 0 aliphatic carbocycles. The summed E-state index contributed by atoms with van der Waals surface area (Å²) in [5, 5.41) is 0. The molecule has 0 amide bonds. The molecule has 0 heterocycles. The summed E-state index contributed by atoms with van der Waals surface area (Å²) in [5.41, 5.74) is 2.36. The Labute approximate surface area is 153 Å². The Hall–Kier alpha value is -2.51. The van der Waals surface area contributed by atoms with Gasteiger partial charge in [-0.15, -0.1) is 0 Å². The Kier molecular flexibility index (Phi) is 6.28.